The highest BCUT2D eigenvalue weighted by molar-refractivity contribution is 7.16. The summed E-state index contributed by atoms with van der Waals surface area (Å²) in [5.74, 6) is 0. The number of hydrogen-bond acceptors (Lipinski definition) is 3. The van der Waals surface area contributed by atoms with E-state index < -0.39 is 0 Å². The van der Waals surface area contributed by atoms with Gasteiger partial charge in [-0.25, -0.2) is 0 Å². The Morgan fingerprint density at radius 1 is 1.56 bits per heavy atom. The first-order valence-corrected chi connectivity index (χ1v) is 7.10. The molecule has 16 heavy (non-hydrogen) atoms. The van der Waals surface area contributed by atoms with Gasteiger partial charge in [0.1, 0.15) is 0 Å². The zero-order chi connectivity index (χ0) is 11.5. The average Bonchev–Trinajstić information content (AvgIpc) is 2.64. The zero-order valence-electron chi connectivity index (χ0n) is 9.87. The second-order valence-corrected chi connectivity index (χ2v) is 6.31. The second kappa shape index (κ2) is 5.50. The van der Waals surface area contributed by atoms with E-state index in [1.54, 1.807) is 11.3 Å². The van der Waals surface area contributed by atoms with E-state index in [2.05, 4.69) is 30.1 Å². The Bertz CT molecular complexity index is 340. The molecule has 2 rings (SSSR count). The quantitative estimate of drug-likeness (QED) is 0.897. The largest absolute Gasteiger partial charge is 0.311 e. The minimum atomic E-state index is 0.596. The van der Waals surface area contributed by atoms with Crippen molar-refractivity contribution in [3.05, 3.63) is 21.3 Å². The number of rotatable bonds is 3. The van der Waals surface area contributed by atoms with Crippen LogP contribution in [0.25, 0.3) is 0 Å². The maximum atomic E-state index is 5.96. The van der Waals surface area contributed by atoms with Gasteiger partial charge in [-0.05, 0) is 25.5 Å². The van der Waals surface area contributed by atoms with Crippen molar-refractivity contribution >= 4 is 22.9 Å². The molecule has 1 aliphatic heterocycles. The lowest BCUT2D eigenvalue weighted by atomic mass is 10.1. The molecular weight excluding hydrogens is 240 g/mol. The van der Waals surface area contributed by atoms with Crippen molar-refractivity contribution in [3.8, 4) is 0 Å². The summed E-state index contributed by atoms with van der Waals surface area (Å²) < 4.78 is 0.895. The Morgan fingerprint density at radius 3 is 3.00 bits per heavy atom. The van der Waals surface area contributed by atoms with Crippen LogP contribution in [-0.4, -0.2) is 30.1 Å². The van der Waals surface area contributed by atoms with E-state index in [0.29, 0.717) is 12.1 Å². The molecule has 0 bridgehead atoms. The normalized spacial score (nSPS) is 27.2. The van der Waals surface area contributed by atoms with Gasteiger partial charge in [-0.3, -0.25) is 4.90 Å². The number of nitrogens with zero attached hydrogens (tertiary/aromatic N) is 1. The second-order valence-electron chi connectivity index (χ2n) is 4.51. The maximum absolute atomic E-state index is 5.96. The summed E-state index contributed by atoms with van der Waals surface area (Å²) in [6.45, 7) is 7.80. The van der Waals surface area contributed by atoms with Crippen LogP contribution in [0.15, 0.2) is 12.1 Å². The summed E-state index contributed by atoms with van der Waals surface area (Å²) in [6, 6.07) is 5.40. The zero-order valence-corrected chi connectivity index (χ0v) is 11.4. The van der Waals surface area contributed by atoms with Crippen LogP contribution in [-0.2, 0) is 6.54 Å². The number of thiophene rings is 1. The molecule has 0 spiro atoms. The average molecular weight is 259 g/mol. The van der Waals surface area contributed by atoms with Crippen LogP contribution in [0.2, 0.25) is 4.34 Å². The number of hydrogen-bond donors (Lipinski definition) is 1. The monoisotopic (exact) mass is 258 g/mol. The maximum Gasteiger partial charge on any atom is 0.0931 e. The molecule has 1 aliphatic rings. The van der Waals surface area contributed by atoms with Gasteiger partial charge in [0.05, 0.1) is 4.34 Å². The highest BCUT2D eigenvalue weighted by atomic mass is 35.5. The van der Waals surface area contributed by atoms with Crippen LogP contribution in [0.4, 0.5) is 0 Å². The van der Waals surface area contributed by atoms with Crippen LogP contribution in [0.5, 0.6) is 0 Å². The molecule has 0 amide bonds. The standard InChI is InChI=1S/C12H19ClN2S/c1-3-10-6-14-9(2)7-15(10)8-11-4-5-12(13)16-11/h4-5,9-10,14H,3,6-8H2,1-2H3. The SMILES string of the molecule is CCC1CNC(C)CN1Cc1ccc(Cl)s1. The number of halogens is 1. The van der Waals surface area contributed by atoms with Crippen molar-refractivity contribution in [2.75, 3.05) is 13.1 Å². The molecule has 0 aliphatic carbocycles. The van der Waals surface area contributed by atoms with Gasteiger partial charge in [-0.1, -0.05) is 18.5 Å². The molecule has 0 radical (unpaired) electrons. The van der Waals surface area contributed by atoms with Gasteiger partial charge < -0.3 is 5.32 Å². The summed E-state index contributed by atoms with van der Waals surface area (Å²) in [4.78, 5) is 3.95. The highest BCUT2D eigenvalue weighted by Gasteiger charge is 2.24. The molecule has 1 aromatic heterocycles. The van der Waals surface area contributed by atoms with E-state index >= 15 is 0 Å². The Hall–Kier alpha value is -0.0900. The van der Waals surface area contributed by atoms with Crippen LogP contribution in [0.3, 0.4) is 0 Å². The molecule has 2 unspecified atom stereocenters. The van der Waals surface area contributed by atoms with Gasteiger partial charge in [0.25, 0.3) is 0 Å². The summed E-state index contributed by atoms with van der Waals surface area (Å²) in [5, 5.41) is 3.54. The Balaban J connectivity index is 2.00. The third kappa shape index (κ3) is 2.98. The third-order valence-corrected chi connectivity index (χ3v) is 4.40. The third-order valence-electron chi connectivity index (χ3n) is 3.19. The topological polar surface area (TPSA) is 15.3 Å². The molecule has 90 valence electrons. The Labute approximate surface area is 107 Å². The van der Waals surface area contributed by atoms with Gasteiger partial charge in [0, 0.05) is 36.6 Å². The molecule has 0 aromatic carbocycles. The molecule has 1 aromatic rings. The predicted molar refractivity (Wildman–Crippen MR) is 71.3 cm³/mol. The van der Waals surface area contributed by atoms with Crippen molar-refractivity contribution in [2.45, 2.75) is 38.9 Å². The highest BCUT2D eigenvalue weighted by Crippen LogP contribution is 2.24. The molecular formula is C12H19ClN2S. The molecule has 1 N–H and O–H groups in total. The molecule has 2 nitrogen and oxygen atoms in total. The molecule has 4 heteroatoms. The molecule has 2 atom stereocenters. The van der Waals surface area contributed by atoms with Gasteiger partial charge >= 0.3 is 0 Å². The fourth-order valence-electron chi connectivity index (χ4n) is 2.26. The van der Waals surface area contributed by atoms with Crippen molar-refractivity contribution < 1.29 is 0 Å². The molecule has 1 fully saturated rings. The van der Waals surface area contributed by atoms with E-state index in [1.807, 2.05) is 6.07 Å². The fourth-order valence-corrected chi connectivity index (χ4v) is 3.38. The summed E-state index contributed by atoms with van der Waals surface area (Å²) >= 11 is 7.66. The lowest BCUT2D eigenvalue weighted by molar-refractivity contribution is 0.125. The van der Waals surface area contributed by atoms with E-state index in [9.17, 15) is 0 Å². The van der Waals surface area contributed by atoms with Crippen LogP contribution in [0, 0.1) is 0 Å². The lowest BCUT2D eigenvalue weighted by Gasteiger charge is -2.38. The lowest BCUT2D eigenvalue weighted by Crippen LogP contribution is -2.54. The summed E-state index contributed by atoms with van der Waals surface area (Å²) in [7, 11) is 0. The molecule has 1 saturated heterocycles. The number of piperazine rings is 1. The predicted octanol–water partition coefficient (Wildman–Crippen LogP) is 2.97. The van der Waals surface area contributed by atoms with E-state index in [0.717, 1.165) is 24.0 Å². The van der Waals surface area contributed by atoms with Crippen molar-refractivity contribution in [1.82, 2.24) is 10.2 Å². The van der Waals surface area contributed by atoms with Crippen molar-refractivity contribution in [3.63, 3.8) is 0 Å². The first-order chi connectivity index (χ1) is 7.69. The summed E-state index contributed by atoms with van der Waals surface area (Å²) in [6.07, 6.45) is 1.21. The summed E-state index contributed by atoms with van der Waals surface area (Å²) in [5.41, 5.74) is 0. The van der Waals surface area contributed by atoms with Gasteiger partial charge in [0.15, 0.2) is 0 Å². The van der Waals surface area contributed by atoms with Crippen LogP contribution in [0.1, 0.15) is 25.1 Å². The minimum Gasteiger partial charge on any atom is -0.311 e. The van der Waals surface area contributed by atoms with Crippen molar-refractivity contribution in [2.24, 2.45) is 0 Å². The van der Waals surface area contributed by atoms with Crippen LogP contribution >= 0.6 is 22.9 Å². The van der Waals surface area contributed by atoms with Gasteiger partial charge in [-0.15, -0.1) is 11.3 Å². The van der Waals surface area contributed by atoms with Gasteiger partial charge in [0.2, 0.25) is 0 Å². The van der Waals surface area contributed by atoms with E-state index in [1.165, 1.54) is 11.3 Å². The minimum absolute atomic E-state index is 0.596. The molecule has 0 saturated carbocycles. The Morgan fingerprint density at radius 2 is 2.38 bits per heavy atom. The van der Waals surface area contributed by atoms with Crippen LogP contribution < -0.4 is 5.32 Å². The first-order valence-electron chi connectivity index (χ1n) is 5.90. The first kappa shape index (κ1) is 12.4. The van der Waals surface area contributed by atoms with E-state index in [4.69, 9.17) is 11.6 Å². The number of nitrogens with one attached hydrogen (secondary N) is 1. The Kier molecular flexibility index (Phi) is 4.25. The van der Waals surface area contributed by atoms with Gasteiger partial charge in [-0.2, -0.15) is 0 Å². The smallest absolute Gasteiger partial charge is 0.0931 e. The van der Waals surface area contributed by atoms with Crippen molar-refractivity contribution in [1.29, 1.82) is 0 Å². The fraction of sp³-hybridized carbons (Fsp3) is 0.667. The molecule has 2 heterocycles. The van der Waals surface area contributed by atoms with E-state index in [-0.39, 0.29) is 0 Å².